The van der Waals surface area contributed by atoms with Crippen molar-refractivity contribution < 1.29 is 4.39 Å². The second-order valence-electron chi connectivity index (χ2n) is 5.28. The van der Waals surface area contributed by atoms with Crippen LogP contribution in [-0.4, -0.2) is 15.0 Å². The average molecular weight is 305 g/mol. The molecule has 0 spiro atoms. The van der Waals surface area contributed by atoms with E-state index >= 15 is 0 Å². The van der Waals surface area contributed by atoms with E-state index in [4.69, 9.17) is 11.6 Å². The Morgan fingerprint density at radius 1 is 1.29 bits per heavy atom. The predicted octanol–water partition coefficient (Wildman–Crippen LogP) is 3.98. The fraction of sp³-hybridized carbons (Fsp3) is 0.400. The fourth-order valence-corrected chi connectivity index (χ4v) is 3.09. The molecule has 108 valence electrons. The Labute approximate surface area is 127 Å². The van der Waals surface area contributed by atoms with Crippen molar-refractivity contribution in [3.8, 4) is 11.8 Å². The van der Waals surface area contributed by atoms with Gasteiger partial charge in [-0.15, -0.1) is 5.10 Å². The number of nitriles is 1. The Morgan fingerprint density at radius 2 is 2.05 bits per heavy atom. The van der Waals surface area contributed by atoms with Crippen molar-refractivity contribution in [3.05, 3.63) is 40.4 Å². The summed E-state index contributed by atoms with van der Waals surface area (Å²) in [5.41, 5.74) is 1.80. The van der Waals surface area contributed by atoms with Gasteiger partial charge >= 0.3 is 0 Å². The van der Waals surface area contributed by atoms with Gasteiger partial charge in [0.25, 0.3) is 0 Å². The Balaban J connectivity index is 2.08. The SMILES string of the molecule is N#Cc1nnn(-c2ccc(F)c(Cl)c2)c1C1CCCCC1. The van der Waals surface area contributed by atoms with Crippen LogP contribution in [0.1, 0.15) is 49.4 Å². The summed E-state index contributed by atoms with van der Waals surface area (Å²) in [6.07, 6.45) is 5.56. The molecule has 6 heteroatoms. The first-order valence-corrected chi connectivity index (χ1v) is 7.39. The van der Waals surface area contributed by atoms with Crippen LogP contribution in [-0.2, 0) is 0 Å². The van der Waals surface area contributed by atoms with E-state index in [0.29, 0.717) is 11.4 Å². The van der Waals surface area contributed by atoms with Gasteiger partial charge in [-0.1, -0.05) is 36.1 Å². The first-order chi connectivity index (χ1) is 10.2. The predicted molar refractivity (Wildman–Crippen MR) is 76.9 cm³/mol. The van der Waals surface area contributed by atoms with Crippen LogP contribution in [0.5, 0.6) is 0 Å². The molecule has 1 aliphatic rings. The van der Waals surface area contributed by atoms with Crippen LogP contribution < -0.4 is 0 Å². The summed E-state index contributed by atoms with van der Waals surface area (Å²) in [7, 11) is 0. The molecule has 4 nitrogen and oxygen atoms in total. The lowest BCUT2D eigenvalue weighted by atomic mass is 9.86. The zero-order chi connectivity index (χ0) is 14.8. The van der Waals surface area contributed by atoms with E-state index < -0.39 is 5.82 Å². The quantitative estimate of drug-likeness (QED) is 0.843. The van der Waals surface area contributed by atoms with Crippen LogP contribution in [0.3, 0.4) is 0 Å². The zero-order valence-electron chi connectivity index (χ0n) is 11.4. The average Bonchev–Trinajstić information content (AvgIpc) is 2.95. The maximum atomic E-state index is 13.3. The minimum absolute atomic E-state index is 0.0381. The minimum Gasteiger partial charge on any atom is -0.216 e. The Morgan fingerprint density at radius 3 is 2.71 bits per heavy atom. The van der Waals surface area contributed by atoms with E-state index in [0.717, 1.165) is 31.4 Å². The smallest absolute Gasteiger partial charge is 0.186 e. The Kier molecular flexibility index (Phi) is 3.89. The van der Waals surface area contributed by atoms with Gasteiger partial charge in [0.15, 0.2) is 5.69 Å². The Bertz CT molecular complexity index is 698. The Hall–Kier alpha value is -1.93. The van der Waals surface area contributed by atoms with E-state index in [2.05, 4.69) is 16.4 Å². The second kappa shape index (κ2) is 5.82. The maximum absolute atomic E-state index is 13.3. The van der Waals surface area contributed by atoms with Gasteiger partial charge in [0.05, 0.1) is 16.4 Å². The third-order valence-electron chi connectivity index (χ3n) is 3.95. The molecule has 0 bridgehead atoms. The summed E-state index contributed by atoms with van der Waals surface area (Å²) in [5, 5.41) is 17.3. The molecule has 1 heterocycles. The first-order valence-electron chi connectivity index (χ1n) is 7.02. The summed E-state index contributed by atoms with van der Waals surface area (Å²) in [5.74, 6) is -0.201. The number of hydrogen-bond acceptors (Lipinski definition) is 3. The summed E-state index contributed by atoms with van der Waals surface area (Å²) in [4.78, 5) is 0. The molecule has 0 radical (unpaired) electrons. The molecule has 1 fully saturated rings. The summed E-state index contributed by atoms with van der Waals surface area (Å²) in [6, 6.07) is 6.52. The van der Waals surface area contributed by atoms with Gasteiger partial charge in [-0.05, 0) is 31.0 Å². The third kappa shape index (κ3) is 2.64. The highest BCUT2D eigenvalue weighted by molar-refractivity contribution is 6.30. The largest absolute Gasteiger partial charge is 0.216 e. The number of halogens is 2. The van der Waals surface area contributed by atoms with E-state index in [-0.39, 0.29) is 10.9 Å². The molecule has 0 amide bonds. The molecule has 1 aromatic heterocycles. The highest BCUT2D eigenvalue weighted by Gasteiger charge is 2.25. The standard InChI is InChI=1S/C15H14ClFN4/c16-12-8-11(6-7-13(12)17)21-15(14(9-18)19-20-21)10-4-2-1-3-5-10/h6-8,10H,1-5H2. The van der Waals surface area contributed by atoms with Crippen molar-refractivity contribution in [1.29, 1.82) is 5.26 Å². The highest BCUT2D eigenvalue weighted by Crippen LogP contribution is 2.35. The van der Waals surface area contributed by atoms with Crippen LogP contribution in [0, 0.1) is 17.1 Å². The molecule has 0 saturated heterocycles. The van der Waals surface area contributed by atoms with Crippen LogP contribution >= 0.6 is 11.6 Å². The first kappa shape index (κ1) is 14.0. The molecule has 0 aliphatic heterocycles. The van der Waals surface area contributed by atoms with Gasteiger partial charge in [0.1, 0.15) is 11.9 Å². The molecule has 0 unspecified atom stereocenters. The van der Waals surface area contributed by atoms with Crippen molar-refractivity contribution in [1.82, 2.24) is 15.0 Å². The van der Waals surface area contributed by atoms with Crippen LogP contribution in [0.15, 0.2) is 18.2 Å². The normalized spacial score (nSPS) is 15.9. The lowest BCUT2D eigenvalue weighted by Gasteiger charge is -2.22. The number of nitrogens with zero attached hydrogens (tertiary/aromatic N) is 4. The van der Waals surface area contributed by atoms with E-state index in [1.807, 2.05) is 0 Å². The summed E-state index contributed by atoms with van der Waals surface area (Å²) >= 11 is 5.84. The molecule has 1 aliphatic carbocycles. The van der Waals surface area contributed by atoms with Crippen LogP contribution in [0.25, 0.3) is 5.69 Å². The van der Waals surface area contributed by atoms with E-state index in [1.165, 1.54) is 18.6 Å². The van der Waals surface area contributed by atoms with Gasteiger partial charge in [0.2, 0.25) is 0 Å². The molecular formula is C15H14ClFN4. The number of rotatable bonds is 2. The van der Waals surface area contributed by atoms with Gasteiger partial charge in [-0.25, -0.2) is 9.07 Å². The topological polar surface area (TPSA) is 54.5 Å². The summed E-state index contributed by atoms with van der Waals surface area (Å²) in [6.45, 7) is 0. The van der Waals surface area contributed by atoms with Crippen molar-refractivity contribution in [2.24, 2.45) is 0 Å². The minimum atomic E-state index is -0.472. The summed E-state index contributed by atoms with van der Waals surface area (Å²) < 4.78 is 14.9. The molecule has 2 aromatic rings. The third-order valence-corrected chi connectivity index (χ3v) is 4.24. The monoisotopic (exact) mass is 304 g/mol. The van der Waals surface area contributed by atoms with Crippen molar-refractivity contribution in [3.63, 3.8) is 0 Å². The van der Waals surface area contributed by atoms with Gasteiger partial charge in [-0.2, -0.15) is 5.26 Å². The molecule has 3 rings (SSSR count). The second-order valence-corrected chi connectivity index (χ2v) is 5.69. The number of benzene rings is 1. The molecule has 1 saturated carbocycles. The van der Waals surface area contributed by atoms with Crippen LogP contribution in [0.2, 0.25) is 5.02 Å². The molecular weight excluding hydrogens is 291 g/mol. The van der Waals surface area contributed by atoms with Crippen molar-refractivity contribution in [2.75, 3.05) is 0 Å². The fourth-order valence-electron chi connectivity index (χ4n) is 2.92. The molecule has 0 N–H and O–H groups in total. The van der Waals surface area contributed by atoms with E-state index in [9.17, 15) is 9.65 Å². The number of hydrogen-bond donors (Lipinski definition) is 0. The molecule has 0 atom stereocenters. The van der Waals surface area contributed by atoms with Gasteiger partial charge < -0.3 is 0 Å². The number of aromatic nitrogens is 3. The molecule has 21 heavy (non-hydrogen) atoms. The van der Waals surface area contributed by atoms with Crippen molar-refractivity contribution in [2.45, 2.75) is 38.0 Å². The van der Waals surface area contributed by atoms with Gasteiger partial charge in [-0.3, -0.25) is 0 Å². The highest BCUT2D eigenvalue weighted by atomic mass is 35.5. The van der Waals surface area contributed by atoms with Crippen LogP contribution in [0.4, 0.5) is 4.39 Å². The lowest BCUT2D eigenvalue weighted by Crippen LogP contribution is -2.12. The lowest BCUT2D eigenvalue weighted by molar-refractivity contribution is 0.429. The van der Waals surface area contributed by atoms with Gasteiger partial charge in [0, 0.05) is 5.92 Å². The molecule has 1 aromatic carbocycles. The maximum Gasteiger partial charge on any atom is 0.186 e. The van der Waals surface area contributed by atoms with Crippen molar-refractivity contribution >= 4 is 11.6 Å². The zero-order valence-corrected chi connectivity index (χ0v) is 12.1. The van der Waals surface area contributed by atoms with E-state index in [1.54, 1.807) is 10.7 Å².